The summed E-state index contributed by atoms with van der Waals surface area (Å²) < 4.78 is 52.6. The number of aryl methyl sites for hydroxylation is 1. The van der Waals surface area contributed by atoms with Gasteiger partial charge in [0, 0.05) is 17.5 Å². The number of anilines is 1. The van der Waals surface area contributed by atoms with Gasteiger partial charge in [-0.2, -0.15) is 0 Å². The van der Waals surface area contributed by atoms with Gasteiger partial charge in [0.2, 0.25) is 5.91 Å². The van der Waals surface area contributed by atoms with Gasteiger partial charge >= 0.3 is 0 Å². The summed E-state index contributed by atoms with van der Waals surface area (Å²) in [5.74, 6) is 0.610. The molecule has 1 aliphatic heterocycles. The lowest BCUT2D eigenvalue weighted by atomic mass is 10.2. The van der Waals surface area contributed by atoms with Gasteiger partial charge in [-0.15, -0.1) is 11.8 Å². The van der Waals surface area contributed by atoms with Crippen molar-refractivity contribution in [1.82, 2.24) is 5.32 Å². The standard InChI is InChI=1S/C26H27FN2O5S2/c1-19-3-9-22(10-4-19)35-16-2-13-28-26(30)18-29(21-7-5-20(27)6-8-21)36(31,32)23-11-12-24-25(17-23)34-15-14-33-24/h3-12,17H,2,13-16,18H2,1H3,(H,28,30). The summed E-state index contributed by atoms with van der Waals surface area (Å²) in [5, 5.41) is 2.79. The van der Waals surface area contributed by atoms with Crippen molar-refractivity contribution < 1.29 is 27.1 Å². The van der Waals surface area contributed by atoms with Crippen LogP contribution < -0.4 is 19.1 Å². The number of halogens is 1. The van der Waals surface area contributed by atoms with E-state index in [1.54, 1.807) is 11.8 Å². The molecule has 0 spiro atoms. The van der Waals surface area contributed by atoms with E-state index in [9.17, 15) is 17.6 Å². The fourth-order valence-electron chi connectivity index (χ4n) is 3.54. The Morgan fingerprint density at radius 2 is 1.69 bits per heavy atom. The quantitative estimate of drug-likeness (QED) is 0.309. The smallest absolute Gasteiger partial charge is 0.264 e. The van der Waals surface area contributed by atoms with Crippen molar-refractivity contribution in [2.75, 3.05) is 36.4 Å². The van der Waals surface area contributed by atoms with Gasteiger partial charge in [0.15, 0.2) is 11.5 Å². The summed E-state index contributed by atoms with van der Waals surface area (Å²) in [7, 11) is -4.16. The van der Waals surface area contributed by atoms with Crippen LogP contribution in [-0.2, 0) is 14.8 Å². The third-order valence-electron chi connectivity index (χ3n) is 5.44. The van der Waals surface area contributed by atoms with Crippen molar-refractivity contribution in [1.29, 1.82) is 0 Å². The fourth-order valence-corrected chi connectivity index (χ4v) is 5.83. The molecule has 10 heteroatoms. The minimum atomic E-state index is -4.16. The van der Waals surface area contributed by atoms with Crippen LogP contribution >= 0.6 is 11.8 Å². The van der Waals surface area contributed by atoms with Gasteiger partial charge in [0.25, 0.3) is 10.0 Å². The van der Waals surface area contributed by atoms with E-state index in [0.717, 1.165) is 33.5 Å². The molecule has 0 aromatic heterocycles. The zero-order chi connectivity index (χ0) is 25.5. The maximum absolute atomic E-state index is 13.5. The molecular formula is C26H27FN2O5S2. The van der Waals surface area contributed by atoms with Gasteiger partial charge in [0.1, 0.15) is 25.6 Å². The van der Waals surface area contributed by atoms with Crippen LogP contribution in [0.4, 0.5) is 10.1 Å². The number of rotatable bonds is 10. The number of carbonyl (C=O) groups is 1. The maximum atomic E-state index is 13.5. The highest BCUT2D eigenvalue weighted by Crippen LogP contribution is 2.34. The lowest BCUT2D eigenvalue weighted by molar-refractivity contribution is -0.119. The molecule has 1 N–H and O–H groups in total. The first-order chi connectivity index (χ1) is 17.3. The molecule has 0 bridgehead atoms. The van der Waals surface area contributed by atoms with Crippen LogP contribution in [0.15, 0.2) is 76.5 Å². The number of nitrogens with one attached hydrogen (secondary N) is 1. The monoisotopic (exact) mass is 530 g/mol. The first-order valence-corrected chi connectivity index (χ1v) is 13.9. The molecule has 0 radical (unpaired) electrons. The van der Waals surface area contributed by atoms with Gasteiger partial charge in [-0.25, -0.2) is 12.8 Å². The Kier molecular flexibility index (Phi) is 8.37. The van der Waals surface area contributed by atoms with Crippen molar-refractivity contribution >= 4 is 33.4 Å². The Balaban J connectivity index is 1.42. The minimum absolute atomic E-state index is 0.0571. The number of thioether (sulfide) groups is 1. The predicted molar refractivity (Wildman–Crippen MR) is 138 cm³/mol. The number of benzene rings is 3. The first kappa shape index (κ1) is 25.8. The van der Waals surface area contributed by atoms with E-state index in [4.69, 9.17) is 9.47 Å². The van der Waals surface area contributed by atoms with Crippen molar-refractivity contribution in [2.24, 2.45) is 0 Å². The largest absolute Gasteiger partial charge is 0.486 e. The average molecular weight is 531 g/mol. The lowest BCUT2D eigenvalue weighted by Gasteiger charge is -2.25. The zero-order valence-electron chi connectivity index (χ0n) is 19.8. The van der Waals surface area contributed by atoms with Crippen LogP contribution in [0.25, 0.3) is 0 Å². The van der Waals surface area contributed by atoms with Gasteiger partial charge in [0.05, 0.1) is 10.6 Å². The van der Waals surface area contributed by atoms with Crippen LogP contribution in [0.1, 0.15) is 12.0 Å². The van der Waals surface area contributed by atoms with E-state index in [-0.39, 0.29) is 10.6 Å². The van der Waals surface area contributed by atoms with Crippen LogP contribution in [0.3, 0.4) is 0 Å². The highest BCUT2D eigenvalue weighted by molar-refractivity contribution is 7.99. The summed E-state index contributed by atoms with van der Waals surface area (Å²) in [6.45, 7) is 2.67. The normalized spacial score (nSPS) is 12.7. The maximum Gasteiger partial charge on any atom is 0.264 e. The molecule has 0 saturated heterocycles. The second kappa shape index (κ2) is 11.7. The molecule has 190 valence electrons. The molecule has 1 aliphatic rings. The molecular weight excluding hydrogens is 503 g/mol. The highest BCUT2D eigenvalue weighted by Gasteiger charge is 2.29. The van der Waals surface area contributed by atoms with Crippen molar-refractivity contribution in [3.8, 4) is 11.5 Å². The highest BCUT2D eigenvalue weighted by atomic mass is 32.2. The first-order valence-electron chi connectivity index (χ1n) is 11.5. The Morgan fingerprint density at radius 3 is 2.42 bits per heavy atom. The number of nitrogens with zero attached hydrogens (tertiary/aromatic N) is 1. The third-order valence-corrected chi connectivity index (χ3v) is 8.30. The summed E-state index contributed by atoms with van der Waals surface area (Å²) in [4.78, 5) is 13.8. The van der Waals surface area contributed by atoms with Gasteiger partial charge < -0.3 is 14.8 Å². The molecule has 3 aromatic rings. The summed E-state index contributed by atoms with van der Waals surface area (Å²) in [6, 6.07) is 17.5. The van der Waals surface area contributed by atoms with E-state index >= 15 is 0 Å². The van der Waals surface area contributed by atoms with Crippen LogP contribution in [-0.4, -0.2) is 46.4 Å². The molecule has 36 heavy (non-hydrogen) atoms. The molecule has 4 rings (SSSR count). The Bertz CT molecular complexity index is 1300. The van der Waals surface area contributed by atoms with E-state index in [0.29, 0.717) is 31.3 Å². The Morgan fingerprint density at radius 1 is 1.00 bits per heavy atom. The molecule has 1 heterocycles. The lowest BCUT2D eigenvalue weighted by Crippen LogP contribution is -2.41. The Hall–Kier alpha value is -3.24. The molecule has 1 amide bonds. The molecule has 0 fully saturated rings. The topological polar surface area (TPSA) is 84.9 Å². The second-order valence-electron chi connectivity index (χ2n) is 8.16. The van der Waals surface area contributed by atoms with Crippen LogP contribution in [0, 0.1) is 12.7 Å². The molecule has 0 aliphatic carbocycles. The van der Waals surface area contributed by atoms with E-state index in [2.05, 4.69) is 29.6 Å². The SMILES string of the molecule is Cc1ccc(SCCCNC(=O)CN(c2ccc(F)cc2)S(=O)(=O)c2ccc3c(c2)OCCO3)cc1. The Labute approximate surface area is 214 Å². The second-order valence-corrected chi connectivity index (χ2v) is 11.2. The molecule has 0 atom stereocenters. The molecule has 3 aromatic carbocycles. The van der Waals surface area contributed by atoms with Crippen molar-refractivity contribution in [3.05, 3.63) is 78.1 Å². The summed E-state index contributed by atoms with van der Waals surface area (Å²) in [5.41, 5.74) is 1.37. The zero-order valence-corrected chi connectivity index (χ0v) is 21.4. The number of hydrogen-bond donors (Lipinski definition) is 1. The number of ether oxygens (including phenoxy) is 2. The predicted octanol–water partition coefficient (Wildman–Crippen LogP) is 4.40. The third kappa shape index (κ3) is 6.50. The van der Waals surface area contributed by atoms with Gasteiger partial charge in [-0.05, 0) is 67.6 Å². The van der Waals surface area contributed by atoms with Crippen molar-refractivity contribution in [2.45, 2.75) is 23.1 Å². The molecule has 7 nitrogen and oxygen atoms in total. The average Bonchev–Trinajstić information content (AvgIpc) is 2.88. The number of carbonyl (C=O) groups excluding carboxylic acids is 1. The number of amides is 1. The van der Waals surface area contributed by atoms with Crippen LogP contribution in [0.5, 0.6) is 11.5 Å². The fraction of sp³-hybridized carbons (Fsp3) is 0.269. The van der Waals surface area contributed by atoms with Crippen LogP contribution in [0.2, 0.25) is 0 Å². The van der Waals surface area contributed by atoms with E-state index in [1.807, 2.05) is 6.92 Å². The number of hydrogen-bond acceptors (Lipinski definition) is 6. The molecule has 0 saturated carbocycles. The van der Waals surface area contributed by atoms with Crippen molar-refractivity contribution in [3.63, 3.8) is 0 Å². The number of fused-ring (bicyclic) bond motifs is 1. The van der Waals surface area contributed by atoms with Gasteiger partial charge in [-0.1, -0.05) is 17.7 Å². The van der Waals surface area contributed by atoms with E-state index in [1.165, 1.54) is 35.9 Å². The number of sulfonamides is 1. The van der Waals surface area contributed by atoms with E-state index < -0.39 is 28.3 Å². The molecule has 0 unspecified atom stereocenters. The van der Waals surface area contributed by atoms with Gasteiger partial charge in [-0.3, -0.25) is 9.10 Å². The minimum Gasteiger partial charge on any atom is -0.486 e. The summed E-state index contributed by atoms with van der Waals surface area (Å²) >= 11 is 1.69. The summed E-state index contributed by atoms with van der Waals surface area (Å²) in [6.07, 6.45) is 0.718.